The molecule has 0 unspecified atom stereocenters. The van der Waals surface area contributed by atoms with Crippen molar-refractivity contribution >= 4 is 40.2 Å². The summed E-state index contributed by atoms with van der Waals surface area (Å²) in [7, 11) is 0. The van der Waals surface area contributed by atoms with Crippen LogP contribution >= 0.6 is 22.9 Å². The molecule has 146 valence electrons. The third kappa shape index (κ3) is 3.56. The minimum absolute atomic E-state index is 0.203. The summed E-state index contributed by atoms with van der Waals surface area (Å²) < 4.78 is 1.74. The zero-order chi connectivity index (χ0) is 20.5. The highest BCUT2D eigenvalue weighted by Gasteiger charge is 2.12. The van der Waals surface area contributed by atoms with Crippen molar-refractivity contribution in [1.82, 2.24) is 19.8 Å². The number of nitrogens with zero attached hydrogens (tertiary/aromatic N) is 4. The van der Waals surface area contributed by atoms with Crippen molar-refractivity contribution in [2.24, 2.45) is 0 Å². The Morgan fingerprint density at radius 3 is 2.63 bits per heavy atom. The van der Waals surface area contributed by atoms with E-state index in [1.165, 1.54) is 0 Å². The van der Waals surface area contributed by atoms with Crippen LogP contribution < -0.4 is 5.32 Å². The smallest absolute Gasteiger partial charge is 0.255 e. The van der Waals surface area contributed by atoms with Crippen molar-refractivity contribution in [3.63, 3.8) is 0 Å². The second-order valence-corrected chi connectivity index (χ2v) is 7.92. The van der Waals surface area contributed by atoms with Gasteiger partial charge in [0.15, 0.2) is 11.5 Å². The largest absolute Gasteiger partial charge is 0.322 e. The van der Waals surface area contributed by atoms with Crippen LogP contribution in [0.2, 0.25) is 5.02 Å². The van der Waals surface area contributed by atoms with E-state index in [1.54, 1.807) is 40.1 Å². The number of thiophene rings is 1. The lowest BCUT2D eigenvalue weighted by Crippen LogP contribution is -2.11. The van der Waals surface area contributed by atoms with E-state index in [1.807, 2.05) is 53.9 Å². The highest BCUT2D eigenvalue weighted by Crippen LogP contribution is 2.25. The molecule has 0 radical (unpaired) electrons. The van der Waals surface area contributed by atoms with Crippen molar-refractivity contribution in [1.29, 1.82) is 0 Å². The minimum atomic E-state index is -0.203. The third-order valence-corrected chi connectivity index (χ3v) is 5.64. The van der Waals surface area contributed by atoms with E-state index in [-0.39, 0.29) is 5.91 Å². The number of nitrogens with one attached hydrogen (secondary N) is 1. The number of anilines is 1. The van der Waals surface area contributed by atoms with Crippen LogP contribution in [0.3, 0.4) is 0 Å². The van der Waals surface area contributed by atoms with Gasteiger partial charge in [-0.2, -0.15) is 9.61 Å². The first-order valence-corrected chi connectivity index (χ1v) is 10.4. The summed E-state index contributed by atoms with van der Waals surface area (Å²) in [5.41, 5.74) is 3.51. The molecule has 0 aliphatic carbocycles. The first-order chi connectivity index (χ1) is 14.7. The summed E-state index contributed by atoms with van der Waals surface area (Å²) in [6, 6.07) is 22.0. The number of carbonyl (C=O) groups is 1. The van der Waals surface area contributed by atoms with Gasteiger partial charge < -0.3 is 5.32 Å². The van der Waals surface area contributed by atoms with Crippen LogP contribution in [-0.2, 0) is 0 Å². The van der Waals surface area contributed by atoms with E-state index >= 15 is 0 Å². The molecule has 5 aromatic rings. The third-order valence-electron chi connectivity index (χ3n) is 4.53. The number of carbonyl (C=O) groups excluding carboxylic acids is 1. The molecule has 0 aliphatic heterocycles. The first-order valence-electron chi connectivity index (χ1n) is 9.11. The molecule has 30 heavy (non-hydrogen) atoms. The normalized spacial score (nSPS) is 11.0. The number of aromatic nitrogens is 4. The number of fused-ring (bicyclic) bond motifs is 1. The molecule has 8 heteroatoms. The average molecular weight is 432 g/mol. The van der Waals surface area contributed by atoms with E-state index in [0.29, 0.717) is 27.7 Å². The molecular formula is C22H14ClN5OS. The Morgan fingerprint density at radius 1 is 0.967 bits per heavy atom. The summed E-state index contributed by atoms with van der Waals surface area (Å²) >= 11 is 7.48. The van der Waals surface area contributed by atoms with Crippen LogP contribution in [0, 0.1) is 0 Å². The van der Waals surface area contributed by atoms with Gasteiger partial charge in [-0.25, -0.2) is 0 Å². The molecule has 0 saturated heterocycles. The fourth-order valence-corrected chi connectivity index (χ4v) is 3.88. The van der Waals surface area contributed by atoms with Gasteiger partial charge in [-0.3, -0.25) is 4.79 Å². The van der Waals surface area contributed by atoms with Crippen molar-refractivity contribution in [3.8, 4) is 22.0 Å². The molecule has 0 atom stereocenters. The summed E-state index contributed by atoms with van der Waals surface area (Å²) in [5.74, 6) is 0.500. The Morgan fingerprint density at radius 2 is 1.83 bits per heavy atom. The summed E-state index contributed by atoms with van der Waals surface area (Å²) in [5, 5.41) is 18.7. The maximum Gasteiger partial charge on any atom is 0.255 e. The van der Waals surface area contributed by atoms with Crippen LogP contribution in [0.5, 0.6) is 0 Å². The average Bonchev–Trinajstić information content (AvgIpc) is 3.43. The van der Waals surface area contributed by atoms with E-state index < -0.39 is 0 Å². The molecule has 0 saturated carbocycles. The lowest BCUT2D eigenvalue weighted by Gasteiger charge is -2.08. The van der Waals surface area contributed by atoms with E-state index in [4.69, 9.17) is 16.7 Å². The number of hydrogen-bond acceptors (Lipinski definition) is 5. The lowest BCUT2D eigenvalue weighted by molar-refractivity contribution is 0.102. The van der Waals surface area contributed by atoms with Gasteiger partial charge in [0.05, 0.1) is 10.6 Å². The van der Waals surface area contributed by atoms with E-state index in [2.05, 4.69) is 15.5 Å². The van der Waals surface area contributed by atoms with E-state index in [9.17, 15) is 4.79 Å². The summed E-state index contributed by atoms with van der Waals surface area (Å²) in [6.07, 6.45) is 0. The second kappa shape index (κ2) is 7.70. The van der Waals surface area contributed by atoms with Gasteiger partial charge in [-0.15, -0.1) is 21.5 Å². The van der Waals surface area contributed by atoms with E-state index in [0.717, 1.165) is 16.1 Å². The molecule has 0 fully saturated rings. The van der Waals surface area contributed by atoms with Crippen molar-refractivity contribution < 1.29 is 4.79 Å². The molecule has 3 aromatic heterocycles. The number of amides is 1. The van der Waals surface area contributed by atoms with Gasteiger partial charge in [0.2, 0.25) is 0 Å². The van der Waals surface area contributed by atoms with Crippen molar-refractivity contribution in [2.45, 2.75) is 0 Å². The van der Waals surface area contributed by atoms with Crippen molar-refractivity contribution in [2.75, 3.05) is 5.32 Å². The number of halogens is 1. The monoisotopic (exact) mass is 431 g/mol. The molecule has 1 N–H and O–H groups in total. The molecular weight excluding hydrogens is 418 g/mol. The van der Waals surface area contributed by atoms with Crippen LogP contribution in [0.25, 0.3) is 27.6 Å². The molecule has 3 heterocycles. The summed E-state index contributed by atoms with van der Waals surface area (Å²) in [6.45, 7) is 0. The Balaban J connectivity index is 1.46. The van der Waals surface area contributed by atoms with Crippen molar-refractivity contribution in [3.05, 3.63) is 88.8 Å². The Kier molecular flexibility index (Phi) is 4.74. The number of benzene rings is 2. The van der Waals surface area contributed by atoms with Gasteiger partial charge in [-0.05, 0) is 60.0 Å². The maximum absolute atomic E-state index is 12.5. The fourth-order valence-electron chi connectivity index (χ4n) is 3.06. The molecule has 0 bridgehead atoms. The quantitative estimate of drug-likeness (QED) is 0.412. The van der Waals surface area contributed by atoms with Crippen LogP contribution in [0.4, 0.5) is 5.69 Å². The predicted molar refractivity (Wildman–Crippen MR) is 119 cm³/mol. The highest BCUT2D eigenvalue weighted by molar-refractivity contribution is 7.13. The SMILES string of the molecule is O=C(Nc1cccc(-c2ccc3nnc(-c4cccs4)n3n2)c1)c1ccc(Cl)cc1. The minimum Gasteiger partial charge on any atom is -0.322 e. The van der Waals surface area contributed by atoms with Gasteiger partial charge >= 0.3 is 0 Å². The van der Waals surface area contributed by atoms with Crippen LogP contribution in [-0.4, -0.2) is 25.7 Å². The molecule has 0 spiro atoms. The van der Waals surface area contributed by atoms with Crippen LogP contribution in [0.15, 0.2) is 78.2 Å². The standard InChI is InChI=1S/C22H14ClN5OS/c23-16-8-6-14(7-9-16)22(29)24-17-4-1-3-15(13-17)18-10-11-20-25-26-21(28(20)27-18)19-5-2-12-30-19/h1-13H,(H,24,29). The number of rotatable bonds is 4. The summed E-state index contributed by atoms with van der Waals surface area (Å²) in [4.78, 5) is 13.5. The zero-order valence-electron chi connectivity index (χ0n) is 15.5. The van der Waals surface area contributed by atoms with Gasteiger partial charge in [0, 0.05) is 21.8 Å². The topological polar surface area (TPSA) is 72.2 Å². The maximum atomic E-state index is 12.5. The first kappa shape index (κ1) is 18.5. The molecule has 2 aromatic carbocycles. The Hall–Kier alpha value is -3.55. The lowest BCUT2D eigenvalue weighted by atomic mass is 10.1. The Bertz CT molecular complexity index is 1350. The fraction of sp³-hybridized carbons (Fsp3) is 0. The van der Waals surface area contributed by atoms with Crippen LogP contribution in [0.1, 0.15) is 10.4 Å². The molecule has 1 amide bonds. The van der Waals surface area contributed by atoms with Gasteiger partial charge in [-0.1, -0.05) is 29.8 Å². The molecule has 6 nitrogen and oxygen atoms in total. The molecule has 0 aliphatic rings. The van der Waals surface area contributed by atoms with Gasteiger partial charge in [0.1, 0.15) is 0 Å². The highest BCUT2D eigenvalue weighted by atomic mass is 35.5. The predicted octanol–water partition coefficient (Wildman–Crippen LogP) is 5.43. The number of hydrogen-bond donors (Lipinski definition) is 1. The second-order valence-electron chi connectivity index (χ2n) is 6.53. The van der Waals surface area contributed by atoms with Gasteiger partial charge in [0.25, 0.3) is 5.91 Å². The zero-order valence-corrected chi connectivity index (χ0v) is 17.1. The molecule has 5 rings (SSSR count). The Labute approximate surface area is 180 Å².